The Labute approximate surface area is 116 Å². The zero-order valence-corrected chi connectivity index (χ0v) is 12.1. The Kier molecular flexibility index (Phi) is 4.24. The van der Waals surface area contributed by atoms with Crippen LogP contribution >= 0.6 is 0 Å². The van der Waals surface area contributed by atoms with Crippen LogP contribution in [0.25, 0.3) is 0 Å². The number of rotatable bonds is 3. The molecule has 1 aromatic carbocycles. The van der Waals surface area contributed by atoms with Gasteiger partial charge in [0.2, 0.25) is 0 Å². The summed E-state index contributed by atoms with van der Waals surface area (Å²) >= 11 is 0. The minimum Gasteiger partial charge on any atom is -0.314 e. The van der Waals surface area contributed by atoms with Crippen LogP contribution in [0.15, 0.2) is 24.3 Å². The highest BCUT2D eigenvalue weighted by molar-refractivity contribution is 5.34. The van der Waals surface area contributed by atoms with E-state index in [9.17, 15) is 0 Å². The summed E-state index contributed by atoms with van der Waals surface area (Å²) < 4.78 is 0. The monoisotopic (exact) mass is 257 g/mol. The normalized spacial score (nSPS) is 20.7. The Hall–Kier alpha value is -1.37. The summed E-state index contributed by atoms with van der Waals surface area (Å²) in [5.41, 5.74) is 2.28. The van der Waals surface area contributed by atoms with E-state index in [0.29, 0.717) is 6.04 Å². The molecule has 0 aromatic heterocycles. The van der Waals surface area contributed by atoms with Gasteiger partial charge in [0.15, 0.2) is 0 Å². The molecule has 0 amide bonds. The average molecular weight is 257 g/mol. The first-order valence-corrected chi connectivity index (χ1v) is 7.01. The van der Waals surface area contributed by atoms with Crippen molar-refractivity contribution in [3.63, 3.8) is 0 Å². The summed E-state index contributed by atoms with van der Waals surface area (Å²) in [6.07, 6.45) is 2.34. The summed E-state index contributed by atoms with van der Waals surface area (Å²) in [6, 6.07) is 10.6. The fourth-order valence-electron chi connectivity index (χ4n) is 2.73. The van der Waals surface area contributed by atoms with E-state index in [0.717, 1.165) is 18.7 Å². The van der Waals surface area contributed by atoms with Gasteiger partial charge in [-0.2, -0.15) is 5.26 Å². The summed E-state index contributed by atoms with van der Waals surface area (Å²) in [7, 11) is 2.05. The van der Waals surface area contributed by atoms with Crippen molar-refractivity contribution in [3.8, 4) is 6.07 Å². The topological polar surface area (TPSA) is 39.1 Å². The maximum atomic E-state index is 8.98. The second-order valence-electron chi connectivity index (χ2n) is 5.76. The molecule has 3 heteroatoms. The molecule has 1 aliphatic rings. The lowest BCUT2D eigenvalue weighted by atomic mass is 9.88. The van der Waals surface area contributed by atoms with Crippen molar-refractivity contribution in [1.82, 2.24) is 10.2 Å². The first kappa shape index (κ1) is 14.0. The van der Waals surface area contributed by atoms with Crippen LogP contribution in [0.2, 0.25) is 0 Å². The molecule has 1 fully saturated rings. The molecule has 0 spiro atoms. The van der Waals surface area contributed by atoms with Crippen LogP contribution in [0.3, 0.4) is 0 Å². The molecule has 1 N–H and O–H groups in total. The van der Waals surface area contributed by atoms with Gasteiger partial charge in [-0.1, -0.05) is 12.1 Å². The van der Waals surface area contributed by atoms with E-state index in [1.54, 1.807) is 0 Å². The van der Waals surface area contributed by atoms with Gasteiger partial charge >= 0.3 is 0 Å². The van der Waals surface area contributed by atoms with E-state index in [2.05, 4.69) is 43.2 Å². The molecule has 1 unspecified atom stereocenters. The molecular weight excluding hydrogens is 234 g/mol. The number of benzene rings is 1. The molecule has 0 bridgehead atoms. The fraction of sp³-hybridized carbons (Fsp3) is 0.562. The highest BCUT2D eigenvalue weighted by atomic mass is 15.2. The van der Waals surface area contributed by atoms with E-state index >= 15 is 0 Å². The zero-order valence-electron chi connectivity index (χ0n) is 12.1. The van der Waals surface area contributed by atoms with Crippen LogP contribution in [-0.2, 0) is 0 Å². The van der Waals surface area contributed by atoms with Crippen LogP contribution in [0.5, 0.6) is 0 Å². The lowest BCUT2D eigenvalue weighted by molar-refractivity contribution is 0.117. The first-order chi connectivity index (χ1) is 9.08. The third-order valence-corrected chi connectivity index (χ3v) is 4.55. The van der Waals surface area contributed by atoms with Gasteiger partial charge in [0, 0.05) is 24.7 Å². The average Bonchev–Trinajstić information content (AvgIpc) is 2.47. The van der Waals surface area contributed by atoms with Crippen molar-refractivity contribution in [2.75, 3.05) is 20.1 Å². The summed E-state index contributed by atoms with van der Waals surface area (Å²) in [5.74, 6) is 0. The number of piperidine rings is 1. The van der Waals surface area contributed by atoms with Gasteiger partial charge in [0.05, 0.1) is 11.6 Å². The summed E-state index contributed by atoms with van der Waals surface area (Å²) in [6.45, 7) is 6.74. The Balaban J connectivity index is 2.05. The lowest BCUT2D eigenvalue weighted by Gasteiger charge is -2.42. The molecule has 0 aliphatic carbocycles. The maximum absolute atomic E-state index is 8.98. The van der Waals surface area contributed by atoms with Gasteiger partial charge in [-0.15, -0.1) is 0 Å². The van der Waals surface area contributed by atoms with Crippen molar-refractivity contribution in [2.24, 2.45) is 0 Å². The van der Waals surface area contributed by atoms with Crippen molar-refractivity contribution in [3.05, 3.63) is 35.4 Å². The van der Waals surface area contributed by atoms with Gasteiger partial charge in [-0.3, -0.25) is 4.90 Å². The second-order valence-corrected chi connectivity index (χ2v) is 5.76. The Morgan fingerprint density at radius 1 is 1.37 bits per heavy atom. The van der Waals surface area contributed by atoms with Crippen molar-refractivity contribution in [2.45, 2.75) is 38.3 Å². The molecule has 1 heterocycles. The zero-order chi connectivity index (χ0) is 13.9. The van der Waals surface area contributed by atoms with Gasteiger partial charge in [0.25, 0.3) is 0 Å². The molecule has 1 saturated heterocycles. The highest BCUT2D eigenvalue weighted by Crippen LogP contribution is 2.28. The standard InChI is InChI=1S/C16H23N3/c1-13(15-6-4-5-14(11-15)12-17)19-9-7-16(2,18-3)8-10-19/h4-6,11,13,18H,7-10H2,1-3H3. The predicted octanol–water partition coefficient (Wildman–Crippen LogP) is 2.69. The van der Waals surface area contributed by atoms with Crippen molar-refractivity contribution >= 4 is 0 Å². The van der Waals surface area contributed by atoms with Crippen LogP contribution in [0.4, 0.5) is 0 Å². The Morgan fingerprint density at radius 2 is 2.05 bits per heavy atom. The highest BCUT2D eigenvalue weighted by Gasteiger charge is 2.30. The van der Waals surface area contributed by atoms with E-state index in [1.165, 1.54) is 18.4 Å². The quantitative estimate of drug-likeness (QED) is 0.905. The number of likely N-dealkylation sites (tertiary alicyclic amines) is 1. The largest absolute Gasteiger partial charge is 0.314 e. The van der Waals surface area contributed by atoms with Gasteiger partial charge in [-0.25, -0.2) is 0 Å². The molecule has 2 rings (SSSR count). The van der Waals surface area contributed by atoms with Gasteiger partial charge in [0.1, 0.15) is 0 Å². The van der Waals surface area contributed by atoms with E-state index in [1.807, 2.05) is 18.2 Å². The number of hydrogen-bond acceptors (Lipinski definition) is 3. The van der Waals surface area contributed by atoms with Gasteiger partial charge in [-0.05, 0) is 51.4 Å². The van der Waals surface area contributed by atoms with E-state index in [4.69, 9.17) is 5.26 Å². The summed E-state index contributed by atoms with van der Waals surface area (Å²) in [4.78, 5) is 2.51. The number of nitriles is 1. The molecular formula is C16H23N3. The second kappa shape index (κ2) is 5.73. The molecule has 19 heavy (non-hydrogen) atoms. The Morgan fingerprint density at radius 3 is 2.63 bits per heavy atom. The van der Waals surface area contributed by atoms with Crippen LogP contribution in [0.1, 0.15) is 43.9 Å². The minimum absolute atomic E-state index is 0.282. The molecule has 0 saturated carbocycles. The maximum Gasteiger partial charge on any atom is 0.0991 e. The minimum atomic E-state index is 0.282. The predicted molar refractivity (Wildman–Crippen MR) is 77.8 cm³/mol. The van der Waals surface area contributed by atoms with E-state index < -0.39 is 0 Å². The third kappa shape index (κ3) is 3.15. The number of hydrogen-bond donors (Lipinski definition) is 1. The molecule has 1 aromatic rings. The van der Waals surface area contributed by atoms with Crippen molar-refractivity contribution < 1.29 is 0 Å². The van der Waals surface area contributed by atoms with Crippen molar-refractivity contribution in [1.29, 1.82) is 5.26 Å². The fourth-order valence-corrected chi connectivity index (χ4v) is 2.73. The first-order valence-electron chi connectivity index (χ1n) is 7.01. The van der Waals surface area contributed by atoms with Gasteiger partial charge < -0.3 is 5.32 Å². The molecule has 102 valence electrons. The van der Waals surface area contributed by atoms with Crippen LogP contribution in [-0.4, -0.2) is 30.6 Å². The molecule has 0 radical (unpaired) electrons. The molecule has 3 nitrogen and oxygen atoms in total. The van der Waals surface area contributed by atoms with Crippen LogP contribution in [0, 0.1) is 11.3 Å². The third-order valence-electron chi connectivity index (χ3n) is 4.55. The number of nitrogens with one attached hydrogen (secondary N) is 1. The molecule has 1 atom stereocenters. The number of nitrogens with zero attached hydrogens (tertiary/aromatic N) is 2. The molecule has 1 aliphatic heterocycles. The lowest BCUT2D eigenvalue weighted by Crippen LogP contribution is -2.50. The van der Waals surface area contributed by atoms with E-state index in [-0.39, 0.29) is 5.54 Å². The Bertz CT molecular complexity index is 467. The van der Waals surface area contributed by atoms with Crippen LogP contribution < -0.4 is 5.32 Å². The smallest absolute Gasteiger partial charge is 0.0991 e. The summed E-state index contributed by atoms with van der Waals surface area (Å²) in [5, 5.41) is 12.4. The SMILES string of the molecule is CNC1(C)CCN(C(C)c2cccc(C#N)c2)CC1.